The Bertz CT molecular complexity index is 1170. The van der Waals surface area contributed by atoms with Gasteiger partial charge in [0.2, 0.25) is 5.95 Å². The number of nitrogens with one attached hydrogen (secondary N) is 1. The topological polar surface area (TPSA) is 95.4 Å². The van der Waals surface area contributed by atoms with Crippen LogP contribution in [0.5, 0.6) is 0 Å². The number of benzene rings is 2. The Hall–Kier alpha value is -3.95. The smallest absolute Gasteiger partial charge is 0.416 e. The number of amides is 1. The minimum Gasteiger partial charge on any atom is -0.481 e. The molecule has 0 bridgehead atoms. The molecule has 1 aliphatic rings. The summed E-state index contributed by atoms with van der Waals surface area (Å²) in [5, 5.41) is 11.8. The molecule has 1 fully saturated rings. The Balaban J connectivity index is 1.46. The third-order valence-corrected chi connectivity index (χ3v) is 5.72. The summed E-state index contributed by atoms with van der Waals surface area (Å²) in [6.45, 7) is 1.06. The molecule has 0 aliphatic carbocycles. The Labute approximate surface area is 193 Å². The molecule has 7 nitrogen and oxygen atoms in total. The van der Waals surface area contributed by atoms with Crippen LogP contribution in [0.25, 0.3) is 11.1 Å². The van der Waals surface area contributed by atoms with Gasteiger partial charge in [-0.3, -0.25) is 9.59 Å². The highest BCUT2D eigenvalue weighted by Gasteiger charge is 2.30. The van der Waals surface area contributed by atoms with Crippen LogP contribution in [-0.4, -0.2) is 40.0 Å². The van der Waals surface area contributed by atoms with Gasteiger partial charge in [-0.25, -0.2) is 9.97 Å². The average molecular weight is 470 g/mol. The maximum Gasteiger partial charge on any atom is 0.416 e. The molecule has 0 radical (unpaired) electrons. The number of anilines is 2. The van der Waals surface area contributed by atoms with Crippen LogP contribution in [-0.2, 0) is 11.0 Å². The first-order chi connectivity index (χ1) is 16.2. The number of halogens is 3. The van der Waals surface area contributed by atoms with Gasteiger partial charge in [0.1, 0.15) is 0 Å². The summed E-state index contributed by atoms with van der Waals surface area (Å²) in [6, 6.07) is 11.3. The number of aromatic nitrogens is 2. The number of carbonyl (C=O) groups excluding carboxylic acids is 1. The molecule has 10 heteroatoms. The molecule has 0 spiro atoms. The fourth-order valence-corrected chi connectivity index (χ4v) is 3.85. The van der Waals surface area contributed by atoms with Crippen molar-refractivity contribution in [3.05, 3.63) is 72.1 Å². The molecule has 1 saturated heterocycles. The molecule has 34 heavy (non-hydrogen) atoms. The Morgan fingerprint density at radius 1 is 0.971 bits per heavy atom. The number of alkyl halides is 3. The van der Waals surface area contributed by atoms with E-state index in [4.69, 9.17) is 5.11 Å². The molecule has 1 aliphatic heterocycles. The lowest BCUT2D eigenvalue weighted by atomic mass is 9.97. The molecule has 2 heterocycles. The van der Waals surface area contributed by atoms with Crippen LogP contribution in [0, 0.1) is 5.92 Å². The Kier molecular flexibility index (Phi) is 6.49. The van der Waals surface area contributed by atoms with Crippen LogP contribution in [0.4, 0.5) is 24.8 Å². The Morgan fingerprint density at radius 2 is 1.59 bits per heavy atom. The number of piperidine rings is 1. The third-order valence-electron chi connectivity index (χ3n) is 5.72. The van der Waals surface area contributed by atoms with E-state index in [1.807, 2.05) is 4.90 Å². The van der Waals surface area contributed by atoms with Crippen molar-refractivity contribution in [2.24, 2.45) is 5.92 Å². The summed E-state index contributed by atoms with van der Waals surface area (Å²) < 4.78 is 38.6. The third kappa shape index (κ3) is 5.16. The quantitative estimate of drug-likeness (QED) is 0.561. The van der Waals surface area contributed by atoms with Crippen LogP contribution in [0.15, 0.2) is 60.9 Å². The SMILES string of the molecule is O=C(Nc1cnc(N2CCC(C(=O)O)CC2)nc1)c1ccccc1-c1ccc(C(F)(F)F)cc1. The molecule has 1 aromatic heterocycles. The van der Waals surface area contributed by atoms with E-state index < -0.39 is 23.6 Å². The maximum atomic E-state index is 12.9. The first-order valence-corrected chi connectivity index (χ1v) is 10.6. The van der Waals surface area contributed by atoms with E-state index in [-0.39, 0.29) is 5.92 Å². The second kappa shape index (κ2) is 9.50. The zero-order valence-electron chi connectivity index (χ0n) is 17.9. The predicted octanol–water partition coefficient (Wildman–Crippen LogP) is 4.72. The van der Waals surface area contributed by atoms with Gasteiger partial charge in [-0.05, 0) is 42.2 Å². The summed E-state index contributed by atoms with van der Waals surface area (Å²) in [4.78, 5) is 34.5. The van der Waals surface area contributed by atoms with E-state index in [1.165, 1.54) is 24.5 Å². The second-order valence-corrected chi connectivity index (χ2v) is 7.95. The second-order valence-electron chi connectivity index (χ2n) is 7.95. The van der Waals surface area contributed by atoms with Gasteiger partial charge in [0.25, 0.3) is 5.91 Å². The van der Waals surface area contributed by atoms with Gasteiger partial charge < -0.3 is 15.3 Å². The highest BCUT2D eigenvalue weighted by molar-refractivity contribution is 6.08. The fraction of sp³-hybridized carbons (Fsp3) is 0.250. The minimum absolute atomic E-state index is 0.294. The number of hydrogen-bond donors (Lipinski definition) is 2. The summed E-state index contributed by atoms with van der Waals surface area (Å²) in [7, 11) is 0. The molecular formula is C24H21F3N4O3. The van der Waals surface area contributed by atoms with Crippen molar-refractivity contribution < 1.29 is 27.9 Å². The molecular weight excluding hydrogens is 449 g/mol. The van der Waals surface area contributed by atoms with Gasteiger partial charge in [-0.2, -0.15) is 13.2 Å². The number of hydrogen-bond acceptors (Lipinski definition) is 5. The monoisotopic (exact) mass is 470 g/mol. The first kappa shape index (κ1) is 23.2. The molecule has 176 valence electrons. The van der Waals surface area contributed by atoms with Crippen LogP contribution in [0.1, 0.15) is 28.8 Å². The van der Waals surface area contributed by atoms with Crippen molar-refractivity contribution in [3.63, 3.8) is 0 Å². The van der Waals surface area contributed by atoms with Gasteiger partial charge in [0, 0.05) is 18.7 Å². The molecule has 2 aromatic carbocycles. The lowest BCUT2D eigenvalue weighted by molar-refractivity contribution is -0.142. The number of carboxylic acids is 1. The number of carbonyl (C=O) groups is 2. The van der Waals surface area contributed by atoms with E-state index in [0.717, 1.165) is 12.1 Å². The molecule has 2 N–H and O–H groups in total. The van der Waals surface area contributed by atoms with E-state index in [9.17, 15) is 22.8 Å². The summed E-state index contributed by atoms with van der Waals surface area (Å²) in [6.07, 6.45) is -0.488. The normalized spacial score (nSPS) is 14.6. The number of aliphatic carboxylic acids is 1. The van der Waals surface area contributed by atoms with Gasteiger partial charge in [-0.1, -0.05) is 30.3 Å². The summed E-state index contributed by atoms with van der Waals surface area (Å²) >= 11 is 0. The standard InChI is InChI=1S/C24H21F3N4O3/c25-24(26,27)17-7-5-15(6-8-17)19-3-1-2-4-20(19)21(32)30-18-13-28-23(29-14-18)31-11-9-16(10-12-31)22(33)34/h1-8,13-14,16H,9-12H2,(H,30,32)(H,33,34). The van der Waals surface area contributed by atoms with E-state index in [2.05, 4.69) is 15.3 Å². The van der Waals surface area contributed by atoms with Crippen molar-refractivity contribution in [1.29, 1.82) is 0 Å². The lowest BCUT2D eigenvalue weighted by Gasteiger charge is -2.29. The van der Waals surface area contributed by atoms with Crippen molar-refractivity contribution in [1.82, 2.24) is 9.97 Å². The molecule has 4 rings (SSSR count). The molecule has 1 amide bonds. The maximum absolute atomic E-state index is 12.9. The first-order valence-electron chi connectivity index (χ1n) is 10.6. The number of rotatable bonds is 5. The van der Waals surface area contributed by atoms with E-state index in [0.29, 0.717) is 54.3 Å². The van der Waals surface area contributed by atoms with Crippen molar-refractivity contribution in [2.75, 3.05) is 23.3 Å². The van der Waals surface area contributed by atoms with Gasteiger partial charge in [-0.15, -0.1) is 0 Å². The van der Waals surface area contributed by atoms with Crippen LogP contribution >= 0.6 is 0 Å². The summed E-state index contributed by atoms with van der Waals surface area (Å²) in [5.41, 5.74) is 0.865. The number of nitrogens with zero attached hydrogens (tertiary/aromatic N) is 3. The number of carboxylic acid groups (broad SMARTS) is 1. The highest BCUT2D eigenvalue weighted by atomic mass is 19.4. The minimum atomic E-state index is -4.44. The fourth-order valence-electron chi connectivity index (χ4n) is 3.85. The molecule has 3 aromatic rings. The van der Waals surface area contributed by atoms with Crippen molar-refractivity contribution in [2.45, 2.75) is 19.0 Å². The van der Waals surface area contributed by atoms with Crippen molar-refractivity contribution >= 4 is 23.5 Å². The van der Waals surface area contributed by atoms with Gasteiger partial charge in [0.05, 0.1) is 29.6 Å². The average Bonchev–Trinajstić information content (AvgIpc) is 2.84. The molecule has 0 unspecified atom stereocenters. The van der Waals surface area contributed by atoms with Gasteiger partial charge in [0.15, 0.2) is 0 Å². The lowest BCUT2D eigenvalue weighted by Crippen LogP contribution is -2.37. The summed E-state index contributed by atoms with van der Waals surface area (Å²) in [5.74, 6) is -1.16. The van der Waals surface area contributed by atoms with E-state index >= 15 is 0 Å². The van der Waals surface area contributed by atoms with Gasteiger partial charge >= 0.3 is 12.1 Å². The zero-order valence-corrected chi connectivity index (χ0v) is 17.9. The molecule has 0 atom stereocenters. The van der Waals surface area contributed by atoms with Crippen LogP contribution < -0.4 is 10.2 Å². The van der Waals surface area contributed by atoms with Crippen LogP contribution in [0.2, 0.25) is 0 Å². The predicted molar refractivity (Wildman–Crippen MR) is 119 cm³/mol. The van der Waals surface area contributed by atoms with E-state index in [1.54, 1.807) is 24.3 Å². The highest BCUT2D eigenvalue weighted by Crippen LogP contribution is 2.32. The largest absolute Gasteiger partial charge is 0.481 e. The molecule has 0 saturated carbocycles. The zero-order chi connectivity index (χ0) is 24.3. The van der Waals surface area contributed by atoms with Crippen LogP contribution in [0.3, 0.4) is 0 Å². The van der Waals surface area contributed by atoms with Crippen molar-refractivity contribution in [3.8, 4) is 11.1 Å². The Morgan fingerprint density at radius 3 is 2.18 bits per heavy atom.